The number of benzene rings is 1. The summed E-state index contributed by atoms with van der Waals surface area (Å²) in [7, 11) is 0. The van der Waals surface area contributed by atoms with Crippen LogP contribution in [0.2, 0.25) is 0 Å². The number of hydrogen-bond donors (Lipinski definition) is 2. The summed E-state index contributed by atoms with van der Waals surface area (Å²) in [6, 6.07) is 4.37. The summed E-state index contributed by atoms with van der Waals surface area (Å²) in [6.45, 7) is 2.11. The number of nitrogen functional groups attached to an aromatic ring is 1. The first-order valence-corrected chi connectivity index (χ1v) is 5.40. The van der Waals surface area contributed by atoms with Crippen LogP contribution in [-0.4, -0.2) is 17.5 Å². The van der Waals surface area contributed by atoms with E-state index in [1.165, 1.54) is 23.9 Å². The van der Waals surface area contributed by atoms with E-state index in [2.05, 4.69) is 0 Å². The average Bonchev–Trinajstić information content (AvgIpc) is 2.16. The minimum atomic E-state index is -0.318. The molecule has 0 spiro atoms. The second kappa shape index (κ2) is 5.22. The van der Waals surface area contributed by atoms with Crippen LogP contribution >= 0.6 is 11.8 Å². The van der Waals surface area contributed by atoms with E-state index in [4.69, 9.17) is 10.8 Å². The van der Waals surface area contributed by atoms with Crippen LogP contribution in [0.1, 0.15) is 6.92 Å². The predicted molar refractivity (Wildman–Crippen MR) is 57.8 cm³/mol. The van der Waals surface area contributed by atoms with E-state index < -0.39 is 0 Å². The van der Waals surface area contributed by atoms with Crippen LogP contribution in [-0.2, 0) is 0 Å². The van der Waals surface area contributed by atoms with Gasteiger partial charge in [-0.3, -0.25) is 0 Å². The lowest BCUT2D eigenvalue weighted by molar-refractivity contribution is 0.250. The molecule has 0 aliphatic carbocycles. The van der Waals surface area contributed by atoms with Gasteiger partial charge >= 0.3 is 0 Å². The molecule has 0 saturated carbocycles. The number of thioether (sulfide) groups is 1. The van der Waals surface area contributed by atoms with Crippen molar-refractivity contribution in [3.05, 3.63) is 24.0 Å². The molecule has 0 bridgehead atoms. The first kappa shape index (κ1) is 11.3. The highest BCUT2D eigenvalue weighted by Crippen LogP contribution is 2.26. The highest BCUT2D eigenvalue weighted by Gasteiger charge is 2.04. The van der Waals surface area contributed by atoms with Gasteiger partial charge in [0.1, 0.15) is 5.82 Å². The van der Waals surface area contributed by atoms with Crippen molar-refractivity contribution in [2.24, 2.45) is 5.92 Å². The SMILES string of the molecule is CC(CO)CSc1ccc(F)cc1N. The largest absolute Gasteiger partial charge is 0.398 e. The van der Waals surface area contributed by atoms with Crippen LogP contribution in [0.25, 0.3) is 0 Å². The Hall–Kier alpha value is -0.740. The highest BCUT2D eigenvalue weighted by atomic mass is 32.2. The maximum Gasteiger partial charge on any atom is 0.125 e. The molecule has 0 amide bonds. The first-order valence-electron chi connectivity index (χ1n) is 4.42. The van der Waals surface area contributed by atoms with E-state index in [1.54, 1.807) is 6.07 Å². The zero-order valence-electron chi connectivity index (χ0n) is 8.03. The van der Waals surface area contributed by atoms with Crippen LogP contribution in [0.4, 0.5) is 10.1 Å². The molecule has 1 unspecified atom stereocenters. The van der Waals surface area contributed by atoms with Gasteiger partial charge in [0.25, 0.3) is 0 Å². The monoisotopic (exact) mass is 215 g/mol. The first-order chi connectivity index (χ1) is 6.63. The lowest BCUT2D eigenvalue weighted by atomic mass is 10.2. The second-order valence-electron chi connectivity index (χ2n) is 3.28. The number of aliphatic hydroxyl groups is 1. The standard InChI is InChI=1S/C10H14FNOS/c1-7(5-13)6-14-10-3-2-8(11)4-9(10)12/h2-4,7,13H,5-6,12H2,1H3. The summed E-state index contributed by atoms with van der Waals surface area (Å²) in [5, 5.41) is 8.82. The van der Waals surface area contributed by atoms with E-state index in [0.29, 0.717) is 5.69 Å². The highest BCUT2D eigenvalue weighted by molar-refractivity contribution is 7.99. The Kier molecular flexibility index (Phi) is 4.22. The number of aliphatic hydroxyl groups excluding tert-OH is 1. The summed E-state index contributed by atoms with van der Waals surface area (Å²) in [5.74, 6) is 0.693. The molecular formula is C10H14FNOS. The molecule has 0 aromatic heterocycles. The summed E-state index contributed by atoms with van der Waals surface area (Å²) >= 11 is 1.54. The van der Waals surface area contributed by atoms with Crippen molar-refractivity contribution >= 4 is 17.4 Å². The molecule has 1 aromatic carbocycles. The van der Waals surface area contributed by atoms with E-state index in [1.807, 2.05) is 6.92 Å². The van der Waals surface area contributed by atoms with Crippen molar-refractivity contribution in [1.82, 2.24) is 0 Å². The molecular weight excluding hydrogens is 201 g/mol. The number of anilines is 1. The van der Waals surface area contributed by atoms with E-state index >= 15 is 0 Å². The maximum atomic E-state index is 12.7. The van der Waals surface area contributed by atoms with Crippen LogP contribution in [0.3, 0.4) is 0 Å². The zero-order chi connectivity index (χ0) is 10.6. The predicted octanol–water partition coefficient (Wildman–Crippen LogP) is 2.13. The third kappa shape index (κ3) is 3.20. The normalized spacial score (nSPS) is 12.8. The van der Waals surface area contributed by atoms with Crippen molar-refractivity contribution in [1.29, 1.82) is 0 Å². The molecule has 0 fully saturated rings. The third-order valence-corrected chi connectivity index (χ3v) is 3.23. The summed E-state index contributed by atoms with van der Waals surface area (Å²) in [4.78, 5) is 0.867. The number of nitrogens with two attached hydrogens (primary N) is 1. The average molecular weight is 215 g/mol. The maximum absolute atomic E-state index is 12.7. The van der Waals surface area contributed by atoms with Crippen LogP contribution in [0, 0.1) is 11.7 Å². The fourth-order valence-corrected chi connectivity index (χ4v) is 1.89. The van der Waals surface area contributed by atoms with Crippen molar-refractivity contribution in [2.75, 3.05) is 18.1 Å². The lowest BCUT2D eigenvalue weighted by Gasteiger charge is -2.08. The Bertz CT molecular complexity index is 306. The van der Waals surface area contributed by atoms with Crippen molar-refractivity contribution in [2.45, 2.75) is 11.8 Å². The van der Waals surface area contributed by atoms with E-state index in [-0.39, 0.29) is 18.3 Å². The zero-order valence-corrected chi connectivity index (χ0v) is 8.85. The van der Waals surface area contributed by atoms with Gasteiger partial charge in [-0.25, -0.2) is 4.39 Å². The molecule has 1 atom stereocenters. The van der Waals surface area contributed by atoms with Gasteiger partial charge in [0.2, 0.25) is 0 Å². The van der Waals surface area contributed by atoms with Gasteiger partial charge < -0.3 is 10.8 Å². The van der Waals surface area contributed by atoms with Crippen LogP contribution in [0.5, 0.6) is 0 Å². The fourth-order valence-electron chi connectivity index (χ4n) is 0.936. The van der Waals surface area contributed by atoms with Crippen molar-refractivity contribution < 1.29 is 9.50 Å². The van der Waals surface area contributed by atoms with Gasteiger partial charge in [-0.1, -0.05) is 6.92 Å². The minimum Gasteiger partial charge on any atom is -0.398 e. The quantitative estimate of drug-likeness (QED) is 0.597. The number of hydrogen-bond acceptors (Lipinski definition) is 3. The molecule has 3 N–H and O–H groups in total. The molecule has 1 rings (SSSR count). The van der Waals surface area contributed by atoms with E-state index in [0.717, 1.165) is 10.6 Å². The van der Waals surface area contributed by atoms with Crippen molar-refractivity contribution in [3.8, 4) is 0 Å². The Balaban J connectivity index is 2.59. The Morgan fingerprint density at radius 3 is 2.86 bits per heavy atom. The van der Waals surface area contributed by atoms with Gasteiger partial charge in [0.05, 0.1) is 0 Å². The molecule has 0 aliphatic rings. The molecule has 2 nitrogen and oxygen atoms in total. The molecule has 0 heterocycles. The molecule has 4 heteroatoms. The van der Waals surface area contributed by atoms with Crippen LogP contribution < -0.4 is 5.73 Å². The van der Waals surface area contributed by atoms with Gasteiger partial charge in [0, 0.05) is 22.9 Å². The summed E-state index contributed by atoms with van der Waals surface area (Å²) in [6.07, 6.45) is 0. The van der Waals surface area contributed by atoms with Gasteiger partial charge in [-0.2, -0.15) is 0 Å². The third-order valence-electron chi connectivity index (χ3n) is 1.81. The van der Waals surface area contributed by atoms with Crippen LogP contribution in [0.15, 0.2) is 23.1 Å². The van der Waals surface area contributed by atoms with Gasteiger partial charge in [0.15, 0.2) is 0 Å². The Labute approximate surface area is 87.3 Å². The van der Waals surface area contributed by atoms with E-state index in [9.17, 15) is 4.39 Å². The summed E-state index contributed by atoms with van der Waals surface area (Å²) < 4.78 is 12.7. The summed E-state index contributed by atoms with van der Waals surface area (Å²) in [5.41, 5.74) is 6.08. The molecule has 0 aliphatic heterocycles. The number of rotatable bonds is 4. The molecule has 14 heavy (non-hydrogen) atoms. The smallest absolute Gasteiger partial charge is 0.125 e. The minimum absolute atomic E-state index is 0.161. The molecule has 1 aromatic rings. The van der Waals surface area contributed by atoms with Gasteiger partial charge in [-0.15, -0.1) is 11.8 Å². The second-order valence-corrected chi connectivity index (χ2v) is 4.34. The molecule has 0 radical (unpaired) electrons. The molecule has 78 valence electrons. The van der Waals surface area contributed by atoms with Crippen molar-refractivity contribution in [3.63, 3.8) is 0 Å². The lowest BCUT2D eigenvalue weighted by Crippen LogP contribution is -2.03. The fraction of sp³-hybridized carbons (Fsp3) is 0.400. The van der Waals surface area contributed by atoms with Gasteiger partial charge in [-0.05, 0) is 24.1 Å². The Morgan fingerprint density at radius 2 is 2.29 bits per heavy atom. The Morgan fingerprint density at radius 1 is 1.57 bits per heavy atom. The molecule has 0 saturated heterocycles. The topological polar surface area (TPSA) is 46.2 Å². The number of halogens is 1.